The van der Waals surface area contributed by atoms with Gasteiger partial charge in [-0.1, -0.05) is 30.4 Å². The predicted octanol–water partition coefficient (Wildman–Crippen LogP) is 3.27. The van der Waals surface area contributed by atoms with Crippen molar-refractivity contribution < 1.29 is 0 Å². The van der Waals surface area contributed by atoms with Crippen LogP contribution in [0.5, 0.6) is 0 Å². The lowest BCUT2D eigenvalue weighted by molar-refractivity contribution is 1.09. The average molecular weight is 227 g/mol. The van der Waals surface area contributed by atoms with Gasteiger partial charge in [0.15, 0.2) is 0 Å². The van der Waals surface area contributed by atoms with Gasteiger partial charge in [0.1, 0.15) is 12.5 Å². The molecule has 1 aromatic rings. The highest BCUT2D eigenvalue weighted by Gasteiger charge is 2.16. The zero-order valence-electron chi connectivity index (χ0n) is 10.2. The van der Waals surface area contributed by atoms with Gasteiger partial charge >= 0.3 is 0 Å². The molecule has 2 heterocycles. The molecule has 0 saturated heterocycles. The lowest BCUT2D eigenvalue weighted by atomic mass is 10.0. The summed E-state index contributed by atoms with van der Waals surface area (Å²) in [5.41, 5.74) is 4.25. The molecule has 0 bridgehead atoms. The Morgan fingerprint density at radius 2 is 2.35 bits per heavy atom. The molecule has 0 unspecified atom stereocenters. The quantitative estimate of drug-likeness (QED) is 0.764. The van der Waals surface area contributed by atoms with E-state index in [4.69, 9.17) is 0 Å². The molecule has 17 heavy (non-hydrogen) atoms. The normalized spacial score (nSPS) is 15.4. The van der Waals surface area contributed by atoms with Gasteiger partial charge < -0.3 is 10.3 Å². The fraction of sp³-hybridized carbons (Fsp3) is 0.214. The van der Waals surface area contributed by atoms with E-state index < -0.39 is 0 Å². The van der Waals surface area contributed by atoms with Crippen molar-refractivity contribution >= 4 is 11.5 Å². The number of fused-ring (bicyclic) bond motifs is 1. The Kier molecular flexibility index (Phi) is 3.28. The van der Waals surface area contributed by atoms with Crippen LogP contribution in [0.3, 0.4) is 0 Å². The van der Waals surface area contributed by atoms with Crippen LogP contribution in [0.4, 0.5) is 5.82 Å². The van der Waals surface area contributed by atoms with Crippen molar-refractivity contribution in [2.45, 2.75) is 13.8 Å². The largest absolute Gasteiger partial charge is 0.352 e. The first kappa shape index (κ1) is 11.5. The molecule has 2 rings (SSSR count). The average Bonchev–Trinajstić information content (AvgIpc) is 2.75. The van der Waals surface area contributed by atoms with Crippen LogP contribution in [0.2, 0.25) is 0 Å². The number of aliphatic imine (C=N–C) groups is 1. The number of rotatable bonds is 3. The third-order valence-corrected chi connectivity index (χ3v) is 2.52. The summed E-state index contributed by atoms with van der Waals surface area (Å²) in [5, 5.41) is 3.21. The molecule has 1 aromatic heterocycles. The fourth-order valence-corrected chi connectivity index (χ4v) is 1.88. The molecule has 0 spiro atoms. The van der Waals surface area contributed by atoms with Crippen LogP contribution >= 0.6 is 0 Å². The first-order valence-electron chi connectivity index (χ1n) is 5.68. The molecule has 0 aliphatic carbocycles. The molecule has 88 valence electrons. The number of H-pyrrole nitrogens is 1. The van der Waals surface area contributed by atoms with Crippen molar-refractivity contribution in [3.8, 4) is 0 Å². The first-order chi connectivity index (χ1) is 8.22. The SMILES string of the molecule is C=C(C)/C=C(\C=CC)C1=NCNc2[nH]ccc21. The Morgan fingerprint density at radius 3 is 3.06 bits per heavy atom. The summed E-state index contributed by atoms with van der Waals surface area (Å²) in [6.45, 7) is 8.53. The molecule has 3 heteroatoms. The second kappa shape index (κ2) is 4.87. The van der Waals surface area contributed by atoms with Crippen LogP contribution in [-0.4, -0.2) is 17.4 Å². The lowest BCUT2D eigenvalue weighted by Crippen LogP contribution is -2.15. The second-order valence-electron chi connectivity index (χ2n) is 4.05. The highest BCUT2D eigenvalue weighted by molar-refractivity contribution is 6.17. The van der Waals surface area contributed by atoms with E-state index in [1.54, 1.807) is 0 Å². The maximum absolute atomic E-state index is 4.54. The topological polar surface area (TPSA) is 40.2 Å². The Balaban J connectivity index is 2.45. The summed E-state index contributed by atoms with van der Waals surface area (Å²) in [7, 11) is 0. The zero-order valence-corrected chi connectivity index (χ0v) is 10.2. The second-order valence-corrected chi connectivity index (χ2v) is 4.05. The van der Waals surface area contributed by atoms with Crippen molar-refractivity contribution in [1.29, 1.82) is 0 Å². The number of aromatic nitrogens is 1. The van der Waals surface area contributed by atoms with E-state index in [0.29, 0.717) is 6.67 Å². The van der Waals surface area contributed by atoms with Crippen LogP contribution in [-0.2, 0) is 0 Å². The van der Waals surface area contributed by atoms with Gasteiger partial charge in [-0.15, -0.1) is 0 Å². The molecule has 0 atom stereocenters. The third-order valence-electron chi connectivity index (χ3n) is 2.52. The van der Waals surface area contributed by atoms with Crippen LogP contribution in [0.15, 0.2) is 53.2 Å². The Hall–Kier alpha value is -2.03. The highest BCUT2D eigenvalue weighted by Crippen LogP contribution is 2.22. The molecule has 0 radical (unpaired) electrons. The van der Waals surface area contributed by atoms with Crippen molar-refractivity contribution in [2.75, 3.05) is 12.0 Å². The van der Waals surface area contributed by atoms with Crippen molar-refractivity contribution in [3.63, 3.8) is 0 Å². The van der Waals surface area contributed by atoms with Gasteiger partial charge in [0.2, 0.25) is 0 Å². The maximum Gasteiger partial charge on any atom is 0.114 e. The summed E-state index contributed by atoms with van der Waals surface area (Å²) in [6.07, 6.45) is 8.06. The van der Waals surface area contributed by atoms with Crippen molar-refractivity contribution in [1.82, 2.24) is 4.98 Å². The minimum absolute atomic E-state index is 0.605. The minimum atomic E-state index is 0.605. The van der Waals surface area contributed by atoms with Crippen molar-refractivity contribution in [3.05, 3.63) is 53.8 Å². The van der Waals surface area contributed by atoms with E-state index in [0.717, 1.165) is 28.2 Å². The fourth-order valence-electron chi connectivity index (χ4n) is 1.88. The molecule has 0 amide bonds. The zero-order chi connectivity index (χ0) is 12.3. The van der Waals surface area contributed by atoms with Gasteiger partial charge in [-0.2, -0.15) is 0 Å². The van der Waals surface area contributed by atoms with Gasteiger partial charge in [0.25, 0.3) is 0 Å². The molecule has 0 saturated carbocycles. The van der Waals surface area contributed by atoms with Gasteiger partial charge in [0, 0.05) is 17.3 Å². The number of hydrogen-bond donors (Lipinski definition) is 2. The molecular formula is C14H17N3. The molecule has 0 fully saturated rings. The summed E-state index contributed by atoms with van der Waals surface area (Å²) >= 11 is 0. The molecule has 1 aliphatic rings. The summed E-state index contributed by atoms with van der Waals surface area (Å²) in [4.78, 5) is 7.71. The number of nitrogens with zero attached hydrogens (tertiary/aromatic N) is 1. The Morgan fingerprint density at radius 1 is 1.53 bits per heavy atom. The van der Waals surface area contributed by atoms with E-state index in [9.17, 15) is 0 Å². The number of allylic oxidation sites excluding steroid dienone is 5. The van der Waals surface area contributed by atoms with E-state index in [2.05, 4.69) is 34.0 Å². The van der Waals surface area contributed by atoms with Crippen LogP contribution in [0.1, 0.15) is 19.4 Å². The maximum atomic E-state index is 4.54. The number of aromatic amines is 1. The lowest BCUT2D eigenvalue weighted by Gasteiger charge is -2.15. The minimum Gasteiger partial charge on any atom is -0.352 e. The third kappa shape index (κ3) is 2.38. The van der Waals surface area contributed by atoms with Crippen LogP contribution < -0.4 is 5.32 Å². The number of nitrogens with one attached hydrogen (secondary N) is 2. The van der Waals surface area contributed by atoms with E-state index in [1.807, 2.05) is 32.2 Å². The molecule has 2 N–H and O–H groups in total. The molecule has 1 aliphatic heterocycles. The first-order valence-corrected chi connectivity index (χ1v) is 5.68. The van der Waals surface area contributed by atoms with Crippen molar-refractivity contribution in [2.24, 2.45) is 4.99 Å². The predicted molar refractivity (Wildman–Crippen MR) is 73.5 cm³/mol. The Labute approximate surface area is 102 Å². The van der Waals surface area contributed by atoms with Crippen LogP contribution in [0.25, 0.3) is 0 Å². The monoisotopic (exact) mass is 227 g/mol. The van der Waals surface area contributed by atoms with Gasteiger partial charge in [0.05, 0.1) is 5.71 Å². The molecule has 0 aromatic carbocycles. The van der Waals surface area contributed by atoms with Gasteiger partial charge in [-0.25, -0.2) is 0 Å². The van der Waals surface area contributed by atoms with Gasteiger partial charge in [-0.05, 0) is 19.9 Å². The Bertz CT molecular complexity index is 515. The van der Waals surface area contributed by atoms with E-state index in [1.165, 1.54) is 0 Å². The van der Waals surface area contributed by atoms with Crippen LogP contribution in [0, 0.1) is 0 Å². The highest BCUT2D eigenvalue weighted by atomic mass is 15.1. The van der Waals surface area contributed by atoms with Gasteiger partial charge in [-0.3, -0.25) is 4.99 Å². The van der Waals surface area contributed by atoms with E-state index in [-0.39, 0.29) is 0 Å². The number of hydrogen-bond acceptors (Lipinski definition) is 2. The summed E-state index contributed by atoms with van der Waals surface area (Å²) < 4.78 is 0. The smallest absolute Gasteiger partial charge is 0.114 e. The molecular weight excluding hydrogens is 210 g/mol. The molecule has 3 nitrogen and oxygen atoms in total. The van der Waals surface area contributed by atoms with E-state index >= 15 is 0 Å². The standard InChI is InChI=1S/C14H17N3/c1-4-5-11(8-10(2)3)13-12-6-7-15-14(12)17-9-16-13/h4-8,15,17H,2,9H2,1,3H3/b5-4?,11-8+. The number of anilines is 1. The summed E-state index contributed by atoms with van der Waals surface area (Å²) in [5.74, 6) is 1.03. The summed E-state index contributed by atoms with van der Waals surface area (Å²) in [6, 6.07) is 2.04.